The third-order valence-corrected chi connectivity index (χ3v) is 6.20. The van der Waals surface area contributed by atoms with Crippen molar-refractivity contribution < 1.29 is 38.3 Å². The molecule has 1 fully saturated rings. The fourth-order valence-electron chi connectivity index (χ4n) is 3.63. The number of nitro benzene ring substituents is 1. The quantitative estimate of drug-likeness (QED) is 0.357. The molecule has 3 amide bonds. The largest absolute Gasteiger partial charge is 0.486 e. The predicted molar refractivity (Wildman–Crippen MR) is 122 cm³/mol. The van der Waals surface area contributed by atoms with E-state index in [4.69, 9.17) is 18.9 Å². The van der Waals surface area contributed by atoms with Crippen LogP contribution >= 0.6 is 11.8 Å². The molecule has 0 aromatic heterocycles. The Kier molecular flexibility index (Phi) is 5.91. The number of imide groups is 1. The van der Waals surface area contributed by atoms with Crippen molar-refractivity contribution in [2.45, 2.75) is 0 Å². The molecule has 35 heavy (non-hydrogen) atoms. The highest BCUT2D eigenvalue weighted by atomic mass is 32.2. The van der Waals surface area contributed by atoms with Gasteiger partial charge in [0, 0.05) is 19.2 Å². The number of fused-ring (bicyclic) bond motifs is 2. The Bertz CT molecular complexity index is 1290. The number of rotatable bonds is 6. The van der Waals surface area contributed by atoms with Gasteiger partial charge in [0.1, 0.15) is 18.8 Å². The Balaban J connectivity index is 1.24. The molecule has 180 valence electrons. The maximum Gasteiger partial charge on any atom is 0.293 e. The number of amides is 3. The zero-order valence-electron chi connectivity index (χ0n) is 18.0. The van der Waals surface area contributed by atoms with Gasteiger partial charge >= 0.3 is 0 Å². The number of benzene rings is 2. The van der Waals surface area contributed by atoms with E-state index in [0.29, 0.717) is 17.1 Å². The van der Waals surface area contributed by atoms with Crippen LogP contribution < -0.4 is 24.3 Å². The van der Waals surface area contributed by atoms with Gasteiger partial charge in [-0.3, -0.25) is 29.4 Å². The Morgan fingerprint density at radius 3 is 2.54 bits per heavy atom. The Hall–Kier alpha value is -4.26. The van der Waals surface area contributed by atoms with Crippen LogP contribution in [-0.2, 0) is 4.79 Å². The van der Waals surface area contributed by atoms with Gasteiger partial charge in [-0.2, -0.15) is 0 Å². The van der Waals surface area contributed by atoms with Gasteiger partial charge in [-0.05, 0) is 35.5 Å². The van der Waals surface area contributed by atoms with E-state index in [-0.39, 0.29) is 55.1 Å². The molecule has 0 bridgehead atoms. The van der Waals surface area contributed by atoms with Gasteiger partial charge in [0.15, 0.2) is 23.0 Å². The molecule has 2 aromatic rings. The van der Waals surface area contributed by atoms with E-state index in [1.165, 1.54) is 6.07 Å². The lowest BCUT2D eigenvalue weighted by atomic mass is 10.1. The molecule has 0 spiro atoms. The molecule has 3 aliphatic heterocycles. The number of nitrogens with one attached hydrogen (secondary N) is 1. The average molecular weight is 499 g/mol. The van der Waals surface area contributed by atoms with Crippen LogP contribution in [0.2, 0.25) is 0 Å². The van der Waals surface area contributed by atoms with Crippen molar-refractivity contribution in [2.24, 2.45) is 0 Å². The first-order valence-corrected chi connectivity index (χ1v) is 11.2. The van der Waals surface area contributed by atoms with Crippen molar-refractivity contribution in [2.75, 3.05) is 33.1 Å². The summed E-state index contributed by atoms with van der Waals surface area (Å²) < 4.78 is 21.3. The lowest BCUT2D eigenvalue weighted by molar-refractivity contribution is -0.385. The SMILES string of the molecule is O=C(NCCN1C(=O)S/C(=C\c2ccc3c(c2)OCO3)C1=O)c1cc2c(cc1[N+](=O)[O-])OCCO2. The third-order valence-electron chi connectivity index (χ3n) is 5.29. The number of thioether (sulfide) groups is 1. The number of ether oxygens (including phenoxy) is 4. The van der Waals surface area contributed by atoms with Crippen molar-refractivity contribution in [3.8, 4) is 23.0 Å². The molecule has 1 saturated heterocycles. The van der Waals surface area contributed by atoms with E-state index in [1.54, 1.807) is 24.3 Å². The Morgan fingerprint density at radius 2 is 1.77 bits per heavy atom. The number of nitrogens with zero attached hydrogens (tertiary/aromatic N) is 2. The molecule has 0 aliphatic carbocycles. The second-order valence-corrected chi connectivity index (χ2v) is 8.47. The van der Waals surface area contributed by atoms with Gasteiger partial charge in [-0.1, -0.05) is 6.07 Å². The Labute approximate surface area is 201 Å². The van der Waals surface area contributed by atoms with Gasteiger partial charge in [0.2, 0.25) is 6.79 Å². The van der Waals surface area contributed by atoms with Gasteiger partial charge < -0.3 is 24.3 Å². The van der Waals surface area contributed by atoms with E-state index in [1.807, 2.05) is 0 Å². The second-order valence-electron chi connectivity index (χ2n) is 7.47. The highest BCUT2D eigenvalue weighted by Gasteiger charge is 2.35. The molecule has 13 heteroatoms. The predicted octanol–water partition coefficient (Wildman–Crippen LogP) is 2.56. The fraction of sp³-hybridized carbons (Fsp3) is 0.227. The first-order valence-electron chi connectivity index (χ1n) is 10.4. The molecule has 0 unspecified atom stereocenters. The molecule has 0 atom stereocenters. The summed E-state index contributed by atoms with van der Waals surface area (Å²) in [5.41, 5.74) is 0.0136. The summed E-state index contributed by atoms with van der Waals surface area (Å²) in [6.45, 7) is 0.422. The lowest BCUT2D eigenvalue weighted by Crippen LogP contribution is -2.37. The molecule has 12 nitrogen and oxygen atoms in total. The van der Waals surface area contributed by atoms with Crippen LogP contribution in [0.5, 0.6) is 23.0 Å². The van der Waals surface area contributed by atoms with Crippen molar-refractivity contribution >= 4 is 40.6 Å². The minimum Gasteiger partial charge on any atom is -0.486 e. The Morgan fingerprint density at radius 1 is 1.06 bits per heavy atom. The van der Waals surface area contributed by atoms with Crippen molar-refractivity contribution in [3.05, 3.63) is 56.5 Å². The normalized spacial score (nSPS) is 17.1. The van der Waals surface area contributed by atoms with E-state index >= 15 is 0 Å². The minimum absolute atomic E-state index is 0.0974. The summed E-state index contributed by atoms with van der Waals surface area (Å²) in [6, 6.07) is 7.54. The van der Waals surface area contributed by atoms with E-state index in [2.05, 4.69) is 5.32 Å². The summed E-state index contributed by atoms with van der Waals surface area (Å²) in [4.78, 5) is 49.7. The highest BCUT2D eigenvalue weighted by Crippen LogP contribution is 2.37. The van der Waals surface area contributed by atoms with E-state index < -0.39 is 27.7 Å². The topological polar surface area (TPSA) is 147 Å². The lowest BCUT2D eigenvalue weighted by Gasteiger charge is -2.19. The molecule has 3 heterocycles. The number of carbonyl (C=O) groups is 3. The van der Waals surface area contributed by atoms with Gasteiger partial charge in [0.25, 0.3) is 22.7 Å². The zero-order valence-corrected chi connectivity index (χ0v) is 18.8. The first-order chi connectivity index (χ1) is 16.9. The molecule has 0 radical (unpaired) electrons. The minimum atomic E-state index is -0.739. The zero-order chi connectivity index (χ0) is 24.5. The van der Waals surface area contributed by atoms with E-state index in [9.17, 15) is 24.5 Å². The second kappa shape index (κ2) is 9.18. The van der Waals surface area contributed by atoms with Crippen molar-refractivity contribution in [1.29, 1.82) is 0 Å². The first kappa shape index (κ1) is 22.5. The van der Waals surface area contributed by atoms with Crippen LogP contribution in [0.15, 0.2) is 35.2 Å². The average Bonchev–Trinajstić information content (AvgIpc) is 3.42. The summed E-state index contributed by atoms with van der Waals surface area (Å²) in [5, 5.41) is 13.5. The van der Waals surface area contributed by atoms with Gasteiger partial charge in [-0.15, -0.1) is 0 Å². The smallest absolute Gasteiger partial charge is 0.293 e. The number of hydrogen-bond donors (Lipinski definition) is 1. The number of carbonyl (C=O) groups excluding carboxylic acids is 3. The molecule has 1 N–H and O–H groups in total. The number of nitro groups is 1. The molecular weight excluding hydrogens is 482 g/mol. The fourth-order valence-corrected chi connectivity index (χ4v) is 4.50. The van der Waals surface area contributed by atoms with Crippen LogP contribution in [0.3, 0.4) is 0 Å². The number of hydrogen-bond acceptors (Lipinski definition) is 10. The summed E-state index contributed by atoms with van der Waals surface area (Å²) in [7, 11) is 0. The maximum atomic E-state index is 12.7. The van der Waals surface area contributed by atoms with Crippen molar-refractivity contribution in [1.82, 2.24) is 10.2 Å². The summed E-state index contributed by atoms with van der Waals surface area (Å²) >= 11 is 0.781. The molecular formula is C22H17N3O9S. The third kappa shape index (κ3) is 4.45. The van der Waals surface area contributed by atoms with Crippen LogP contribution in [-0.4, -0.2) is 60.0 Å². The van der Waals surface area contributed by atoms with Gasteiger partial charge in [-0.25, -0.2) is 0 Å². The van der Waals surface area contributed by atoms with Crippen LogP contribution in [0.25, 0.3) is 6.08 Å². The molecule has 2 aromatic carbocycles. The summed E-state index contributed by atoms with van der Waals surface area (Å²) in [5.74, 6) is 0.324. The van der Waals surface area contributed by atoms with E-state index in [0.717, 1.165) is 22.7 Å². The maximum absolute atomic E-state index is 12.7. The highest BCUT2D eigenvalue weighted by molar-refractivity contribution is 8.18. The molecule has 3 aliphatic rings. The van der Waals surface area contributed by atoms with Crippen LogP contribution in [0, 0.1) is 10.1 Å². The standard InChI is InChI=1S/C22H17N3O9S/c26-20(13-9-17-18(32-6-5-31-17)10-14(13)25(29)30)23-3-4-24-21(27)19(35-22(24)28)8-12-1-2-15-16(7-12)34-11-33-15/h1-2,7-10H,3-6,11H2,(H,23,26)/b19-8-. The van der Waals surface area contributed by atoms with Crippen LogP contribution in [0.4, 0.5) is 10.5 Å². The molecule has 5 rings (SSSR count). The van der Waals surface area contributed by atoms with Crippen molar-refractivity contribution in [3.63, 3.8) is 0 Å². The van der Waals surface area contributed by atoms with Gasteiger partial charge in [0.05, 0.1) is 15.9 Å². The monoisotopic (exact) mass is 499 g/mol. The van der Waals surface area contributed by atoms with Crippen LogP contribution in [0.1, 0.15) is 15.9 Å². The summed E-state index contributed by atoms with van der Waals surface area (Å²) in [6.07, 6.45) is 1.57. The molecule has 0 saturated carbocycles.